The number of sulfonamides is 1. The highest BCUT2D eigenvalue weighted by Gasteiger charge is 2.18. The highest BCUT2D eigenvalue weighted by molar-refractivity contribution is 7.91. The predicted octanol–water partition coefficient (Wildman–Crippen LogP) is 1.44. The van der Waals surface area contributed by atoms with Crippen LogP contribution in [0.5, 0.6) is 0 Å². The molecule has 0 amide bonds. The summed E-state index contributed by atoms with van der Waals surface area (Å²) in [7, 11) is -3.39. The third-order valence-electron chi connectivity index (χ3n) is 3.16. The van der Waals surface area contributed by atoms with Crippen LogP contribution in [0.2, 0.25) is 0 Å². The van der Waals surface area contributed by atoms with E-state index in [4.69, 9.17) is 10.5 Å². The molecule has 0 spiro atoms. The fourth-order valence-corrected chi connectivity index (χ4v) is 4.38. The fraction of sp³-hybridized carbons (Fsp3) is 0.667. The average molecular weight is 304 g/mol. The van der Waals surface area contributed by atoms with Gasteiger partial charge in [-0.05, 0) is 42.7 Å². The first-order valence-corrected chi connectivity index (χ1v) is 8.87. The second kappa shape index (κ2) is 6.81. The Morgan fingerprint density at radius 3 is 2.95 bits per heavy atom. The smallest absolute Gasteiger partial charge is 0.250 e. The van der Waals surface area contributed by atoms with Gasteiger partial charge in [0.05, 0.1) is 6.10 Å². The summed E-state index contributed by atoms with van der Waals surface area (Å²) in [5, 5.41) is 1.78. The topological polar surface area (TPSA) is 81.4 Å². The third-order valence-corrected chi connectivity index (χ3v) is 6.11. The molecule has 1 aliphatic heterocycles. The van der Waals surface area contributed by atoms with Crippen LogP contribution in [0.25, 0.3) is 0 Å². The van der Waals surface area contributed by atoms with E-state index in [1.807, 2.05) is 0 Å². The van der Waals surface area contributed by atoms with E-state index < -0.39 is 10.0 Å². The monoisotopic (exact) mass is 304 g/mol. The molecule has 0 saturated carbocycles. The Labute approximate surface area is 118 Å². The summed E-state index contributed by atoms with van der Waals surface area (Å²) in [4.78, 5) is 0. The van der Waals surface area contributed by atoms with Crippen LogP contribution in [0.3, 0.4) is 0 Å². The van der Waals surface area contributed by atoms with Crippen molar-refractivity contribution in [1.82, 2.24) is 4.72 Å². The molecule has 0 radical (unpaired) electrons. The van der Waals surface area contributed by atoms with Crippen LogP contribution in [-0.4, -0.2) is 27.7 Å². The summed E-state index contributed by atoms with van der Waals surface area (Å²) in [6.45, 7) is 1.58. The fourth-order valence-electron chi connectivity index (χ4n) is 2.06. The highest BCUT2D eigenvalue weighted by atomic mass is 32.2. The first kappa shape index (κ1) is 14.9. The summed E-state index contributed by atoms with van der Waals surface area (Å²) >= 11 is 1.21. The maximum atomic E-state index is 12.0. The van der Waals surface area contributed by atoms with Crippen LogP contribution in [-0.2, 0) is 21.3 Å². The Morgan fingerprint density at radius 1 is 1.47 bits per heavy atom. The minimum atomic E-state index is -3.39. The zero-order valence-electron chi connectivity index (χ0n) is 10.8. The molecule has 1 atom stereocenters. The van der Waals surface area contributed by atoms with Crippen molar-refractivity contribution in [2.24, 2.45) is 5.73 Å². The van der Waals surface area contributed by atoms with Crippen molar-refractivity contribution in [2.75, 3.05) is 13.2 Å². The standard InChI is InChI=1S/C12H20N2O3S2/c13-8-10-7-12(18-9-10)19(15,16)14-5-4-11-3-1-2-6-17-11/h7,9,11,14H,1-6,8,13H2. The van der Waals surface area contributed by atoms with Gasteiger partial charge in [0.15, 0.2) is 0 Å². The van der Waals surface area contributed by atoms with E-state index in [1.54, 1.807) is 11.4 Å². The van der Waals surface area contributed by atoms with Gasteiger partial charge in [-0.2, -0.15) is 0 Å². The van der Waals surface area contributed by atoms with Gasteiger partial charge in [-0.25, -0.2) is 13.1 Å². The van der Waals surface area contributed by atoms with E-state index in [0.29, 0.717) is 17.3 Å². The lowest BCUT2D eigenvalue weighted by Gasteiger charge is -2.22. The molecule has 3 N–H and O–H groups in total. The largest absolute Gasteiger partial charge is 0.378 e. The maximum Gasteiger partial charge on any atom is 0.250 e. The average Bonchev–Trinajstić information content (AvgIpc) is 2.89. The number of ether oxygens (including phenoxy) is 1. The molecule has 1 aromatic rings. The molecule has 5 nitrogen and oxygen atoms in total. The zero-order chi connectivity index (χ0) is 13.7. The number of nitrogens with two attached hydrogens (primary N) is 1. The molecule has 1 saturated heterocycles. The van der Waals surface area contributed by atoms with Crippen LogP contribution >= 0.6 is 11.3 Å². The number of nitrogens with one attached hydrogen (secondary N) is 1. The minimum absolute atomic E-state index is 0.194. The Bertz CT molecular complexity index is 493. The van der Waals surface area contributed by atoms with Crippen molar-refractivity contribution < 1.29 is 13.2 Å². The molecule has 0 bridgehead atoms. The quantitative estimate of drug-likeness (QED) is 0.833. The molecule has 19 heavy (non-hydrogen) atoms. The normalized spacial score (nSPS) is 20.6. The van der Waals surface area contributed by atoms with E-state index >= 15 is 0 Å². The van der Waals surface area contributed by atoms with E-state index in [0.717, 1.165) is 31.4 Å². The van der Waals surface area contributed by atoms with Crippen molar-refractivity contribution in [1.29, 1.82) is 0 Å². The Kier molecular flexibility index (Phi) is 5.35. The number of hydrogen-bond donors (Lipinski definition) is 2. The molecular formula is C12H20N2O3S2. The summed E-state index contributed by atoms with van der Waals surface area (Å²) < 4.78 is 32.6. The number of thiophene rings is 1. The Balaban J connectivity index is 1.83. The van der Waals surface area contributed by atoms with Gasteiger partial charge in [-0.3, -0.25) is 0 Å². The van der Waals surface area contributed by atoms with Crippen molar-refractivity contribution in [2.45, 2.75) is 42.5 Å². The van der Waals surface area contributed by atoms with Gasteiger partial charge in [0.25, 0.3) is 0 Å². The lowest BCUT2D eigenvalue weighted by atomic mass is 10.1. The van der Waals surface area contributed by atoms with Crippen molar-refractivity contribution in [3.8, 4) is 0 Å². The van der Waals surface area contributed by atoms with E-state index in [2.05, 4.69) is 4.72 Å². The number of hydrogen-bond acceptors (Lipinski definition) is 5. The van der Waals surface area contributed by atoms with Gasteiger partial charge in [-0.1, -0.05) is 0 Å². The molecule has 7 heteroatoms. The lowest BCUT2D eigenvalue weighted by molar-refractivity contribution is 0.0123. The van der Waals surface area contributed by atoms with Crippen molar-refractivity contribution in [3.05, 3.63) is 17.0 Å². The zero-order valence-corrected chi connectivity index (χ0v) is 12.4. The molecule has 2 rings (SSSR count). The van der Waals surface area contributed by atoms with Crippen molar-refractivity contribution in [3.63, 3.8) is 0 Å². The molecule has 1 aliphatic rings. The molecular weight excluding hydrogens is 284 g/mol. The second-order valence-electron chi connectivity index (χ2n) is 4.65. The molecule has 1 fully saturated rings. The van der Waals surface area contributed by atoms with Gasteiger partial charge in [0.1, 0.15) is 4.21 Å². The first-order valence-electron chi connectivity index (χ1n) is 6.50. The lowest BCUT2D eigenvalue weighted by Crippen LogP contribution is -2.29. The predicted molar refractivity (Wildman–Crippen MR) is 75.6 cm³/mol. The molecule has 0 aromatic carbocycles. The van der Waals surface area contributed by atoms with Crippen LogP contribution in [0.1, 0.15) is 31.2 Å². The molecule has 2 heterocycles. The molecule has 108 valence electrons. The summed E-state index contributed by atoms with van der Waals surface area (Å²) in [5.74, 6) is 0. The number of rotatable bonds is 6. The van der Waals surface area contributed by atoms with Gasteiger partial charge in [0, 0.05) is 19.7 Å². The van der Waals surface area contributed by atoms with E-state index in [1.165, 1.54) is 17.8 Å². The Hall–Kier alpha value is -0.470. The molecule has 1 aromatic heterocycles. The van der Waals surface area contributed by atoms with Crippen LogP contribution in [0.4, 0.5) is 0 Å². The van der Waals surface area contributed by atoms with Gasteiger partial charge in [0.2, 0.25) is 10.0 Å². The SMILES string of the molecule is NCc1csc(S(=O)(=O)NCCC2CCCCO2)c1. The highest BCUT2D eigenvalue weighted by Crippen LogP contribution is 2.20. The minimum Gasteiger partial charge on any atom is -0.378 e. The first-order chi connectivity index (χ1) is 9.12. The van der Waals surface area contributed by atoms with Crippen LogP contribution < -0.4 is 10.5 Å². The van der Waals surface area contributed by atoms with Crippen molar-refractivity contribution >= 4 is 21.4 Å². The third kappa shape index (κ3) is 4.25. The summed E-state index contributed by atoms with van der Waals surface area (Å²) in [6, 6.07) is 1.63. The second-order valence-corrected chi connectivity index (χ2v) is 7.56. The van der Waals surface area contributed by atoms with Gasteiger partial charge in [-0.15, -0.1) is 11.3 Å². The Morgan fingerprint density at radius 2 is 2.32 bits per heavy atom. The summed E-state index contributed by atoms with van der Waals surface area (Å²) in [6.07, 6.45) is 4.23. The maximum absolute atomic E-state index is 12.0. The van der Waals surface area contributed by atoms with E-state index in [9.17, 15) is 8.42 Å². The van der Waals surface area contributed by atoms with Gasteiger partial charge < -0.3 is 10.5 Å². The van der Waals surface area contributed by atoms with Crippen LogP contribution in [0.15, 0.2) is 15.7 Å². The summed E-state index contributed by atoms with van der Waals surface area (Å²) in [5.41, 5.74) is 6.33. The van der Waals surface area contributed by atoms with E-state index in [-0.39, 0.29) is 6.10 Å². The van der Waals surface area contributed by atoms with Gasteiger partial charge >= 0.3 is 0 Å². The molecule has 0 aliphatic carbocycles. The molecule has 1 unspecified atom stereocenters. The van der Waals surface area contributed by atoms with Crippen LogP contribution in [0, 0.1) is 0 Å².